The first-order chi connectivity index (χ1) is 11.3. The average Bonchev–Trinajstić information content (AvgIpc) is 3.24. The predicted molar refractivity (Wildman–Crippen MR) is 86.6 cm³/mol. The van der Waals surface area contributed by atoms with Gasteiger partial charge in [-0.05, 0) is 36.6 Å². The predicted octanol–water partition coefficient (Wildman–Crippen LogP) is 3.61. The summed E-state index contributed by atoms with van der Waals surface area (Å²) in [4.78, 5) is 12.8. The normalized spacial score (nSPS) is 17.9. The van der Waals surface area contributed by atoms with Crippen molar-refractivity contribution in [2.75, 3.05) is 6.79 Å². The fraction of sp³-hybridized carbons (Fsp3) is 0.316. The Kier molecular flexibility index (Phi) is 3.45. The maximum atomic E-state index is 12.8. The Morgan fingerprint density at radius 1 is 0.957 bits per heavy atom. The number of carbonyl (C=O) groups excluding carboxylic acids is 1. The van der Waals surface area contributed by atoms with Crippen LogP contribution in [0.15, 0.2) is 48.5 Å². The third-order valence-electron chi connectivity index (χ3n) is 4.77. The monoisotopic (exact) mass is 309 g/mol. The Hall–Kier alpha value is -2.49. The molecule has 2 aliphatic rings. The summed E-state index contributed by atoms with van der Waals surface area (Å²) in [6, 6.07) is 15.6. The van der Waals surface area contributed by atoms with Crippen molar-refractivity contribution in [1.82, 2.24) is 5.32 Å². The molecule has 0 spiro atoms. The molecule has 1 heterocycles. The quantitative estimate of drug-likeness (QED) is 0.942. The highest BCUT2D eigenvalue weighted by Crippen LogP contribution is 2.39. The molecule has 4 heteroatoms. The van der Waals surface area contributed by atoms with Gasteiger partial charge in [-0.2, -0.15) is 0 Å². The van der Waals surface area contributed by atoms with Gasteiger partial charge >= 0.3 is 0 Å². The third-order valence-corrected chi connectivity index (χ3v) is 4.77. The van der Waals surface area contributed by atoms with Crippen LogP contribution in [0.1, 0.15) is 41.6 Å². The lowest BCUT2D eigenvalue weighted by Crippen LogP contribution is -2.43. The minimum atomic E-state index is -0.255. The van der Waals surface area contributed by atoms with Gasteiger partial charge in [-0.3, -0.25) is 4.79 Å². The molecule has 1 aliphatic heterocycles. The van der Waals surface area contributed by atoms with Crippen LogP contribution >= 0.6 is 0 Å². The number of hydrogen-bond donors (Lipinski definition) is 1. The maximum Gasteiger partial charge on any atom is 0.252 e. The van der Waals surface area contributed by atoms with Gasteiger partial charge in [-0.1, -0.05) is 43.2 Å². The van der Waals surface area contributed by atoms with E-state index in [2.05, 4.69) is 17.4 Å². The molecule has 118 valence electrons. The molecule has 0 aromatic heterocycles. The van der Waals surface area contributed by atoms with Gasteiger partial charge in [0, 0.05) is 5.56 Å². The average molecular weight is 309 g/mol. The Morgan fingerprint density at radius 2 is 1.70 bits per heavy atom. The van der Waals surface area contributed by atoms with Gasteiger partial charge < -0.3 is 14.8 Å². The van der Waals surface area contributed by atoms with E-state index in [0.29, 0.717) is 17.1 Å². The first kappa shape index (κ1) is 14.1. The van der Waals surface area contributed by atoms with Crippen LogP contribution in [0.5, 0.6) is 11.5 Å². The Balaban J connectivity index is 1.61. The number of hydrogen-bond acceptors (Lipinski definition) is 3. The summed E-state index contributed by atoms with van der Waals surface area (Å²) in [5.41, 5.74) is 1.54. The first-order valence-corrected chi connectivity index (χ1v) is 8.05. The van der Waals surface area contributed by atoms with Gasteiger partial charge in [-0.25, -0.2) is 0 Å². The zero-order chi connectivity index (χ0) is 15.7. The zero-order valence-electron chi connectivity index (χ0n) is 12.9. The van der Waals surface area contributed by atoms with Crippen molar-refractivity contribution in [3.05, 3.63) is 59.7 Å². The molecule has 1 N–H and O–H groups in total. The molecule has 1 aliphatic carbocycles. The van der Waals surface area contributed by atoms with Gasteiger partial charge in [0.2, 0.25) is 6.79 Å². The van der Waals surface area contributed by atoms with Crippen molar-refractivity contribution in [3.8, 4) is 11.5 Å². The Bertz CT molecular complexity index is 721. The topological polar surface area (TPSA) is 47.6 Å². The minimum absolute atomic E-state index is 0.0611. The summed E-state index contributed by atoms with van der Waals surface area (Å²) in [5.74, 6) is 1.27. The van der Waals surface area contributed by atoms with Crippen LogP contribution in [0.4, 0.5) is 0 Å². The largest absolute Gasteiger partial charge is 0.454 e. The molecule has 1 amide bonds. The molecule has 0 atom stereocenters. The van der Waals surface area contributed by atoms with Crippen LogP contribution in [-0.2, 0) is 5.54 Å². The Labute approximate surface area is 135 Å². The lowest BCUT2D eigenvalue weighted by molar-refractivity contribution is 0.0897. The van der Waals surface area contributed by atoms with E-state index in [4.69, 9.17) is 9.47 Å². The zero-order valence-corrected chi connectivity index (χ0v) is 12.9. The molecule has 1 fully saturated rings. The van der Waals surface area contributed by atoms with Crippen LogP contribution in [0, 0.1) is 0 Å². The van der Waals surface area contributed by atoms with Crippen molar-refractivity contribution in [2.24, 2.45) is 0 Å². The number of rotatable bonds is 3. The van der Waals surface area contributed by atoms with Crippen LogP contribution < -0.4 is 14.8 Å². The van der Waals surface area contributed by atoms with Gasteiger partial charge in [-0.15, -0.1) is 0 Å². The summed E-state index contributed by atoms with van der Waals surface area (Å²) >= 11 is 0. The lowest BCUT2D eigenvalue weighted by atomic mass is 9.88. The van der Waals surface area contributed by atoms with Gasteiger partial charge in [0.25, 0.3) is 5.91 Å². The maximum absolute atomic E-state index is 12.8. The molecule has 0 radical (unpaired) electrons. The van der Waals surface area contributed by atoms with Crippen molar-refractivity contribution < 1.29 is 14.3 Å². The number of amides is 1. The summed E-state index contributed by atoms with van der Waals surface area (Å²) in [6.45, 7) is 0.217. The molecule has 23 heavy (non-hydrogen) atoms. The highest BCUT2D eigenvalue weighted by atomic mass is 16.7. The highest BCUT2D eigenvalue weighted by molar-refractivity contribution is 5.95. The lowest BCUT2D eigenvalue weighted by Gasteiger charge is -2.31. The van der Waals surface area contributed by atoms with Crippen molar-refractivity contribution in [2.45, 2.75) is 31.2 Å². The van der Waals surface area contributed by atoms with E-state index in [1.807, 2.05) is 18.2 Å². The van der Waals surface area contributed by atoms with Gasteiger partial charge in [0.1, 0.15) is 0 Å². The number of fused-ring (bicyclic) bond motifs is 1. The van der Waals surface area contributed by atoms with Crippen molar-refractivity contribution >= 4 is 5.91 Å². The number of ether oxygens (including phenoxy) is 2. The van der Waals surface area contributed by atoms with E-state index in [9.17, 15) is 4.79 Å². The van der Waals surface area contributed by atoms with Crippen LogP contribution in [0.3, 0.4) is 0 Å². The van der Waals surface area contributed by atoms with E-state index in [0.717, 1.165) is 25.7 Å². The molecule has 0 saturated heterocycles. The third kappa shape index (κ3) is 2.54. The summed E-state index contributed by atoms with van der Waals surface area (Å²) in [7, 11) is 0. The first-order valence-electron chi connectivity index (χ1n) is 8.05. The van der Waals surface area contributed by atoms with Crippen molar-refractivity contribution in [1.29, 1.82) is 0 Å². The second-order valence-corrected chi connectivity index (χ2v) is 6.18. The van der Waals surface area contributed by atoms with E-state index < -0.39 is 0 Å². The SMILES string of the molecule is O=C(NC1(c2ccccc2)CCCC1)c1ccc2c(c1)OCO2. The molecule has 4 rings (SSSR count). The number of benzene rings is 2. The summed E-state index contributed by atoms with van der Waals surface area (Å²) < 4.78 is 10.7. The molecule has 4 nitrogen and oxygen atoms in total. The molecule has 1 saturated carbocycles. The minimum Gasteiger partial charge on any atom is -0.454 e. The van der Waals surface area contributed by atoms with Gasteiger partial charge in [0.15, 0.2) is 11.5 Å². The second kappa shape index (κ2) is 5.61. The molecular weight excluding hydrogens is 290 g/mol. The van der Waals surface area contributed by atoms with E-state index >= 15 is 0 Å². The summed E-state index contributed by atoms with van der Waals surface area (Å²) in [6.07, 6.45) is 4.23. The Morgan fingerprint density at radius 3 is 2.48 bits per heavy atom. The molecule has 0 bridgehead atoms. The summed E-state index contributed by atoms with van der Waals surface area (Å²) in [5, 5.41) is 3.28. The second-order valence-electron chi connectivity index (χ2n) is 6.18. The van der Waals surface area contributed by atoms with Gasteiger partial charge in [0.05, 0.1) is 5.54 Å². The fourth-order valence-corrected chi connectivity index (χ4v) is 3.55. The van der Waals surface area contributed by atoms with Crippen LogP contribution in [-0.4, -0.2) is 12.7 Å². The number of nitrogens with one attached hydrogen (secondary N) is 1. The molecule has 2 aromatic rings. The molecule has 2 aromatic carbocycles. The van der Waals surface area contributed by atoms with Crippen LogP contribution in [0.25, 0.3) is 0 Å². The van der Waals surface area contributed by atoms with E-state index in [-0.39, 0.29) is 18.2 Å². The standard InChI is InChI=1S/C19H19NO3/c21-18(14-8-9-16-17(12-14)23-13-22-16)20-19(10-4-5-11-19)15-6-2-1-3-7-15/h1-3,6-9,12H,4-5,10-11,13H2,(H,20,21). The molecular formula is C19H19NO3. The smallest absolute Gasteiger partial charge is 0.252 e. The highest BCUT2D eigenvalue weighted by Gasteiger charge is 2.37. The van der Waals surface area contributed by atoms with E-state index in [1.54, 1.807) is 18.2 Å². The molecule has 0 unspecified atom stereocenters. The van der Waals surface area contributed by atoms with Crippen molar-refractivity contribution in [3.63, 3.8) is 0 Å². The van der Waals surface area contributed by atoms with Crippen LogP contribution in [0.2, 0.25) is 0 Å². The fourth-order valence-electron chi connectivity index (χ4n) is 3.55. The number of carbonyl (C=O) groups is 1. The van der Waals surface area contributed by atoms with E-state index in [1.165, 1.54) is 5.56 Å².